The Bertz CT molecular complexity index is 521. The van der Waals surface area contributed by atoms with Crippen LogP contribution in [0.4, 0.5) is 0 Å². The highest BCUT2D eigenvalue weighted by molar-refractivity contribution is 5.53. The third-order valence-corrected chi connectivity index (χ3v) is 2.52. The smallest absolute Gasteiger partial charge is 0.240 e. The zero-order chi connectivity index (χ0) is 12.8. The summed E-state index contributed by atoms with van der Waals surface area (Å²) in [6, 6.07) is 3.93. The lowest BCUT2D eigenvalue weighted by Gasteiger charge is -2.00. The van der Waals surface area contributed by atoms with Crippen molar-refractivity contribution in [2.45, 2.75) is 19.9 Å². The number of nitrogens with one attached hydrogen (secondary N) is 1. The van der Waals surface area contributed by atoms with Gasteiger partial charge in [-0.3, -0.25) is 4.98 Å². The quantitative estimate of drug-likeness (QED) is 0.621. The van der Waals surface area contributed by atoms with Gasteiger partial charge in [0.1, 0.15) is 5.69 Å². The van der Waals surface area contributed by atoms with Gasteiger partial charge in [-0.25, -0.2) is 0 Å². The van der Waals surface area contributed by atoms with Gasteiger partial charge < -0.3 is 9.84 Å². The van der Waals surface area contributed by atoms with Crippen LogP contribution in [0.2, 0.25) is 0 Å². The van der Waals surface area contributed by atoms with Crippen molar-refractivity contribution in [1.82, 2.24) is 20.4 Å². The molecule has 0 radical (unpaired) electrons. The molecule has 0 aromatic carbocycles. The summed E-state index contributed by atoms with van der Waals surface area (Å²) in [5, 5.41) is 7.07. The zero-order valence-electron chi connectivity index (χ0n) is 10.4. The minimum Gasteiger partial charge on any atom is -0.337 e. The molecular formula is C13H16N4O. The molecule has 0 saturated heterocycles. The molecular weight excluding hydrogens is 228 g/mol. The van der Waals surface area contributed by atoms with Gasteiger partial charge in [-0.15, -0.1) is 6.58 Å². The topological polar surface area (TPSA) is 63.8 Å². The van der Waals surface area contributed by atoms with Crippen molar-refractivity contribution in [3.05, 3.63) is 42.4 Å². The molecule has 0 fully saturated rings. The van der Waals surface area contributed by atoms with Crippen LogP contribution in [0.1, 0.15) is 18.4 Å². The molecule has 5 nitrogen and oxygen atoms in total. The number of rotatable bonds is 6. The number of pyridine rings is 1. The molecule has 1 N–H and O–H groups in total. The minimum absolute atomic E-state index is 0.535. The number of hydrogen-bond donors (Lipinski definition) is 1. The molecule has 18 heavy (non-hydrogen) atoms. The van der Waals surface area contributed by atoms with E-state index in [1.807, 2.05) is 12.1 Å². The van der Waals surface area contributed by atoms with Crippen LogP contribution in [-0.2, 0) is 13.0 Å². The highest BCUT2D eigenvalue weighted by Gasteiger charge is 2.12. The second-order valence-corrected chi connectivity index (χ2v) is 3.80. The number of aromatic nitrogens is 3. The van der Waals surface area contributed by atoms with Gasteiger partial charge in [0.2, 0.25) is 11.7 Å². The van der Waals surface area contributed by atoms with Crippen molar-refractivity contribution in [1.29, 1.82) is 0 Å². The zero-order valence-corrected chi connectivity index (χ0v) is 10.4. The summed E-state index contributed by atoms with van der Waals surface area (Å²) in [7, 11) is 0. The predicted molar refractivity (Wildman–Crippen MR) is 68.8 cm³/mol. The van der Waals surface area contributed by atoms with Crippen molar-refractivity contribution in [2.75, 3.05) is 6.54 Å². The van der Waals surface area contributed by atoms with Crippen LogP contribution in [-0.4, -0.2) is 21.7 Å². The van der Waals surface area contributed by atoms with Crippen LogP contribution in [0, 0.1) is 0 Å². The Morgan fingerprint density at radius 1 is 1.50 bits per heavy atom. The van der Waals surface area contributed by atoms with E-state index < -0.39 is 0 Å². The summed E-state index contributed by atoms with van der Waals surface area (Å²) in [6.45, 7) is 6.95. The summed E-state index contributed by atoms with van der Waals surface area (Å²) >= 11 is 0. The van der Waals surface area contributed by atoms with Crippen LogP contribution < -0.4 is 5.32 Å². The maximum Gasteiger partial charge on any atom is 0.240 e. The molecule has 0 amide bonds. The van der Waals surface area contributed by atoms with E-state index in [9.17, 15) is 0 Å². The lowest BCUT2D eigenvalue weighted by atomic mass is 10.1. The Morgan fingerprint density at radius 3 is 3.17 bits per heavy atom. The lowest BCUT2D eigenvalue weighted by molar-refractivity contribution is 0.370. The van der Waals surface area contributed by atoms with E-state index in [1.54, 1.807) is 12.3 Å². The van der Waals surface area contributed by atoms with Crippen molar-refractivity contribution in [2.24, 2.45) is 0 Å². The second-order valence-electron chi connectivity index (χ2n) is 3.80. The van der Waals surface area contributed by atoms with E-state index in [0.29, 0.717) is 24.8 Å². The fourth-order valence-corrected chi connectivity index (χ4v) is 1.63. The second kappa shape index (κ2) is 6.07. The molecule has 2 aromatic heterocycles. The normalized spacial score (nSPS) is 10.5. The fraction of sp³-hybridized carbons (Fsp3) is 0.308. The fourth-order valence-electron chi connectivity index (χ4n) is 1.63. The van der Waals surface area contributed by atoms with Crippen molar-refractivity contribution in [3.8, 4) is 11.5 Å². The monoisotopic (exact) mass is 244 g/mol. The van der Waals surface area contributed by atoms with Crippen molar-refractivity contribution < 1.29 is 4.52 Å². The molecule has 0 spiro atoms. The van der Waals surface area contributed by atoms with E-state index in [4.69, 9.17) is 4.52 Å². The number of hydrogen-bond acceptors (Lipinski definition) is 5. The Hall–Kier alpha value is -2.01. The average molecular weight is 244 g/mol. The summed E-state index contributed by atoms with van der Waals surface area (Å²) in [5.41, 5.74) is 1.91. The van der Waals surface area contributed by atoms with E-state index in [0.717, 1.165) is 17.7 Å². The molecule has 0 atom stereocenters. The number of nitrogens with zero attached hydrogens (tertiary/aromatic N) is 3. The van der Waals surface area contributed by atoms with E-state index >= 15 is 0 Å². The molecule has 94 valence electrons. The molecule has 2 rings (SSSR count). The first-order chi connectivity index (χ1) is 8.85. The predicted octanol–water partition coefficient (Wildman–Crippen LogP) is 1.97. The maximum absolute atomic E-state index is 5.17. The molecule has 5 heteroatoms. The Morgan fingerprint density at radius 2 is 2.39 bits per heavy atom. The van der Waals surface area contributed by atoms with Crippen LogP contribution in [0.5, 0.6) is 0 Å². The molecule has 0 saturated carbocycles. The van der Waals surface area contributed by atoms with E-state index in [-0.39, 0.29) is 0 Å². The van der Waals surface area contributed by atoms with Gasteiger partial charge in [-0.05, 0) is 18.1 Å². The lowest BCUT2D eigenvalue weighted by Crippen LogP contribution is -2.12. The highest BCUT2D eigenvalue weighted by Crippen LogP contribution is 2.18. The van der Waals surface area contributed by atoms with Gasteiger partial charge in [0, 0.05) is 12.7 Å². The van der Waals surface area contributed by atoms with Gasteiger partial charge in [0.05, 0.1) is 6.54 Å². The average Bonchev–Trinajstić information content (AvgIpc) is 2.88. The molecule has 0 bridgehead atoms. The Balaban J connectivity index is 2.16. The third-order valence-electron chi connectivity index (χ3n) is 2.52. The summed E-state index contributed by atoms with van der Waals surface area (Å²) in [5.74, 6) is 1.10. The first kappa shape index (κ1) is 12.4. The van der Waals surface area contributed by atoms with E-state index in [2.05, 4.69) is 33.9 Å². The largest absolute Gasteiger partial charge is 0.337 e. The molecule has 0 aliphatic rings. The van der Waals surface area contributed by atoms with Gasteiger partial charge in [-0.1, -0.05) is 24.2 Å². The SMILES string of the molecule is C=CCNCc1nc(-c2ncccc2CC)no1. The molecule has 0 aliphatic heterocycles. The molecule has 2 heterocycles. The maximum atomic E-state index is 5.17. The minimum atomic E-state index is 0.535. The van der Waals surface area contributed by atoms with E-state index in [1.165, 1.54) is 0 Å². The van der Waals surface area contributed by atoms with Crippen LogP contribution in [0.25, 0.3) is 11.5 Å². The summed E-state index contributed by atoms with van der Waals surface area (Å²) in [6.07, 6.45) is 4.41. The summed E-state index contributed by atoms with van der Waals surface area (Å²) < 4.78 is 5.17. The van der Waals surface area contributed by atoms with Crippen LogP contribution >= 0.6 is 0 Å². The van der Waals surface area contributed by atoms with Gasteiger partial charge in [-0.2, -0.15) is 4.98 Å². The Kier molecular flexibility index (Phi) is 4.20. The Labute approximate surface area is 106 Å². The van der Waals surface area contributed by atoms with Crippen LogP contribution in [0.3, 0.4) is 0 Å². The third kappa shape index (κ3) is 2.81. The molecule has 2 aromatic rings. The molecule has 0 unspecified atom stereocenters. The van der Waals surface area contributed by atoms with Gasteiger partial charge in [0.25, 0.3) is 0 Å². The van der Waals surface area contributed by atoms with Crippen molar-refractivity contribution in [3.63, 3.8) is 0 Å². The van der Waals surface area contributed by atoms with Gasteiger partial charge >= 0.3 is 0 Å². The molecule has 0 aliphatic carbocycles. The first-order valence-corrected chi connectivity index (χ1v) is 5.93. The standard InChI is InChI=1S/C13H16N4O/c1-3-7-14-9-11-16-13(17-18-11)12-10(4-2)6-5-8-15-12/h3,5-6,8,14H,1,4,7,9H2,2H3. The van der Waals surface area contributed by atoms with Gasteiger partial charge in [0.15, 0.2) is 0 Å². The van der Waals surface area contributed by atoms with Crippen LogP contribution in [0.15, 0.2) is 35.5 Å². The first-order valence-electron chi connectivity index (χ1n) is 5.93. The van der Waals surface area contributed by atoms with Crippen molar-refractivity contribution >= 4 is 0 Å². The number of aryl methyl sites for hydroxylation is 1. The highest BCUT2D eigenvalue weighted by atomic mass is 16.5. The summed E-state index contributed by atoms with van der Waals surface area (Å²) in [4.78, 5) is 8.63.